The van der Waals surface area contributed by atoms with Gasteiger partial charge in [-0.25, -0.2) is 0 Å². The first kappa shape index (κ1) is 20.0. The lowest BCUT2D eigenvalue weighted by Gasteiger charge is -2.50. The average molecular weight is 337 g/mol. The summed E-state index contributed by atoms with van der Waals surface area (Å²) in [6.45, 7) is 10.9. The molecular formula is C22H40O2. The van der Waals surface area contributed by atoms with Crippen molar-refractivity contribution in [2.24, 2.45) is 22.7 Å². The number of hydrogen-bond acceptors (Lipinski definition) is 2. The lowest BCUT2D eigenvalue weighted by molar-refractivity contribution is -0.0499. The first-order valence-corrected chi connectivity index (χ1v) is 10.1. The second-order valence-corrected chi connectivity index (χ2v) is 9.80. The first-order chi connectivity index (χ1) is 11.1. The smallest absolute Gasteiger partial charge is 0.0591 e. The van der Waals surface area contributed by atoms with Gasteiger partial charge in [0.2, 0.25) is 0 Å². The maximum absolute atomic E-state index is 10.5. The summed E-state index contributed by atoms with van der Waals surface area (Å²) in [6, 6.07) is 0. The fraction of sp³-hybridized carbons (Fsp3) is 0.909. The zero-order chi connectivity index (χ0) is 18.0. The van der Waals surface area contributed by atoms with Crippen LogP contribution in [0.2, 0.25) is 0 Å². The molecule has 2 rings (SSSR count). The molecule has 0 aliphatic heterocycles. The van der Waals surface area contributed by atoms with Crippen molar-refractivity contribution in [1.82, 2.24) is 0 Å². The van der Waals surface area contributed by atoms with Gasteiger partial charge in [-0.3, -0.25) is 0 Å². The third kappa shape index (κ3) is 4.25. The van der Waals surface area contributed by atoms with Crippen molar-refractivity contribution in [3.05, 3.63) is 12.2 Å². The van der Waals surface area contributed by atoms with E-state index in [1.165, 1.54) is 32.1 Å². The Bertz CT molecular complexity index is 436. The van der Waals surface area contributed by atoms with Crippen molar-refractivity contribution in [2.45, 2.75) is 104 Å². The Morgan fingerprint density at radius 1 is 1.12 bits per heavy atom. The molecule has 24 heavy (non-hydrogen) atoms. The second kappa shape index (κ2) is 7.50. The van der Waals surface area contributed by atoms with Gasteiger partial charge in [-0.2, -0.15) is 0 Å². The maximum atomic E-state index is 10.5. The van der Waals surface area contributed by atoms with Crippen LogP contribution in [0.5, 0.6) is 0 Å². The molecule has 0 radical (unpaired) electrons. The number of hydrogen-bond donors (Lipinski definition) is 2. The fourth-order valence-electron chi connectivity index (χ4n) is 6.02. The lowest BCUT2D eigenvalue weighted by atomic mass is 9.56. The van der Waals surface area contributed by atoms with E-state index in [4.69, 9.17) is 0 Å². The Morgan fingerprint density at radius 2 is 1.83 bits per heavy atom. The molecule has 0 spiro atoms. The molecule has 0 heterocycles. The van der Waals surface area contributed by atoms with Crippen LogP contribution in [0.3, 0.4) is 0 Å². The summed E-state index contributed by atoms with van der Waals surface area (Å²) in [7, 11) is 0. The van der Waals surface area contributed by atoms with E-state index in [-0.39, 0.29) is 11.5 Å². The molecule has 1 unspecified atom stereocenters. The van der Waals surface area contributed by atoms with E-state index in [0.29, 0.717) is 17.3 Å². The van der Waals surface area contributed by atoms with E-state index in [0.717, 1.165) is 25.7 Å². The van der Waals surface area contributed by atoms with E-state index in [1.807, 2.05) is 13.8 Å². The Kier molecular flexibility index (Phi) is 6.24. The molecule has 2 saturated carbocycles. The number of aliphatic hydroxyl groups excluding tert-OH is 1. The highest BCUT2D eigenvalue weighted by atomic mass is 16.3. The minimum atomic E-state index is -0.565. The van der Waals surface area contributed by atoms with Gasteiger partial charge in [0.1, 0.15) is 0 Å². The minimum Gasteiger partial charge on any atom is -0.393 e. The van der Waals surface area contributed by atoms with E-state index >= 15 is 0 Å². The van der Waals surface area contributed by atoms with Crippen molar-refractivity contribution < 1.29 is 10.2 Å². The average Bonchev–Trinajstić information content (AvgIpc) is 2.83. The molecule has 0 aromatic carbocycles. The van der Waals surface area contributed by atoms with Gasteiger partial charge < -0.3 is 10.2 Å². The van der Waals surface area contributed by atoms with Crippen molar-refractivity contribution in [3.63, 3.8) is 0 Å². The van der Waals surface area contributed by atoms with E-state index < -0.39 is 5.60 Å². The van der Waals surface area contributed by atoms with Crippen LogP contribution in [0.15, 0.2) is 12.2 Å². The van der Waals surface area contributed by atoms with Gasteiger partial charge in [0.05, 0.1) is 11.7 Å². The summed E-state index contributed by atoms with van der Waals surface area (Å²) in [5.74, 6) is 1.18. The van der Waals surface area contributed by atoms with Crippen LogP contribution in [0.4, 0.5) is 0 Å². The third-order valence-electron chi connectivity index (χ3n) is 7.29. The summed E-state index contributed by atoms with van der Waals surface area (Å²) in [5, 5.41) is 20.6. The summed E-state index contributed by atoms with van der Waals surface area (Å²) in [4.78, 5) is 0. The van der Waals surface area contributed by atoms with Gasteiger partial charge in [-0.05, 0) is 88.4 Å². The molecule has 5 atom stereocenters. The van der Waals surface area contributed by atoms with Crippen LogP contribution in [-0.4, -0.2) is 21.9 Å². The summed E-state index contributed by atoms with van der Waals surface area (Å²) >= 11 is 0. The quantitative estimate of drug-likeness (QED) is 0.605. The zero-order valence-electron chi connectivity index (χ0n) is 16.6. The Balaban J connectivity index is 2.17. The molecule has 140 valence electrons. The molecule has 2 aliphatic carbocycles. The highest BCUT2D eigenvalue weighted by molar-refractivity contribution is 5.06. The second-order valence-electron chi connectivity index (χ2n) is 9.80. The maximum Gasteiger partial charge on any atom is 0.0591 e. The van der Waals surface area contributed by atoms with Gasteiger partial charge in [0.25, 0.3) is 0 Å². The van der Waals surface area contributed by atoms with E-state index in [1.54, 1.807) is 0 Å². The third-order valence-corrected chi connectivity index (χ3v) is 7.29. The molecule has 2 nitrogen and oxygen atoms in total. The van der Waals surface area contributed by atoms with Gasteiger partial charge in [0.15, 0.2) is 0 Å². The monoisotopic (exact) mass is 336 g/mol. The first-order valence-electron chi connectivity index (χ1n) is 10.1. The summed E-state index contributed by atoms with van der Waals surface area (Å²) < 4.78 is 0. The zero-order valence-corrected chi connectivity index (χ0v) is 16.6. The highest BCUT2D eigenvalue weighted by Gasteiger charge is 2.55. The summed E-state index contributed by atoms with van der Waals surface area (Å²) in [6.07, 6.45) is 14.6. The van der Waals surface area contributed by atoms with Gasteiger partial charge in [0, 0.05) is 0 Å². The standard InChI is InChI=1S/C22H40O2/c1-6-7-14-21(4,15-9-13-20(2,3)24)19-12-11-17-18(23)10-8-16-22(17,19)5/h6-7,17-19,23-24H,8-16H2,1-5H3/b7-6-/t17?,18-,19+,21-,22-/m0/s1. The molecule has 0 amide bonds. The topological polar surface area (TPSA) is 40.5 Å². The molecule has 0 bridgehead atoms. The number of rotatable bonds is 7. The van der Waals surface area contributed by atoms with Gasteiger partial charge in [-0.15, -0.1) is 0 Å². The largest absolute Gasteiger partial charge is 0.393 e. The molecule has 0 aromatic rings. The highest BCUT2D eigenvalue weighted by Crippen LogP contribution is 2.62. The molecule has 0 saturated heterocycles. The Hall–Kier alpha value is -0.340. The molecular weight excluding hydrogens is 296 g/mol. The van der Waals surface area contributed by atoms with Crippen LogP contribution < -0.4 is 0 Å². The van der Waals surface area contributed by atoms with Crippen molar-refractivity contribution >= 4 is 0 Å². The van der Waals surface area contributed by atoms with Gasteiger partial charge >= 0.3 is 0 Å². The van der Waals surface area contributed by atoms with Crippen molar-refractivity contribution in [3.8, 4) is 0 Å². The normalized spacial score (nSPS) is 36.7. The summed E-state index contributed by atoms with van der Waals surface area (Å²) in [5.41, 5.74) is 0.00566. The molecule has 2 aliphatic rings. The SMILES string of the molecule is C/C=C\C[C@@](C)(CCCC(C)(C)O)[C@H]1CCC2[C@@H](O)CCC[C@@]21C. The van der Waals surface area contributed by atoms with Crippen LogP contribution in [0.1, 0.15) is 92.4 Å². The number of fused-ring (bicyclic) bond motifs is 1. The van der Waals surface area contributed by atoms with E-state index in [2.05, 4.69) is 32.9 Å². The van der Waals surface area contributed by atoms with Gasteiger partial charge in [-0.1, -0.05) is 38.8 Å². The van der Waals surface area contributed by atoms with Crippen molar-refractivity contribution in [1.29, 1.82) is 0 Å². The van der Waals surface area contributed by atoms with Crippen LogP contribution in [0, 0.1) is 22.7 Å². The van der Waals surface area contributed by atoms with Crippen LogP contribution in [-0.2, 0) is 0 Å². The number of aliphatic hydroxyl groups is 2. The van der Waals surface area contributed by atoms with Crippen LogP contribution in [0.25, 0.3) is 0 Å². The predicted octanol–water partition coefficient (Wildman–Crippen LogP) is 5.48. The number of allylic oxidation sites excluding steroid dienone is 2. The minimum absolute atomic E-state index is 0.0870. The Morgan fingerprint density at radius 3 is 2.46 bits per heavy atom. The van der Waals surface area contributed by atoms with E-state index in [9.17, 15) is 10.2 Å². The van der Waals surface area contributed by atoms with Crippen LogP contribution >= 0.6 is 0 Å². The molecule has 0 aromatic heterocycles. The lowest BCUT2D eigenvalue weighted by Crippen LogP contribution is -2.45. The molecule has 2 N–H and O–H groups in total. The fourth-order valence-corrected chi connectivity index (χ4v) is 6.02. The van der Waals surface area contributed by atoms with Crippen molar-refractivity contribution in [2.75, 3.05) is 0 Å². The molecule has 2 fully saturated rings. The molecule has 2 heteroatoms. The Labute approximate surface area is 149 Å². The predicted molar refractivity (Wildman–Crippen MR) is 102 cm³/mol.